The summed E-state index contributed by atoms with van der Waals surface area (Å²) in [4.78, 5) is 41.6. The molecule has 9 nitrogen and oxygen atoms in total. The van der Waals surface area contributed by atoms with Gasteiger partial charge in [-0.2, -0.15) is 4.98 Å². The molecular formula is C20H21ClN6O3. The number of aromatic amines is 1. The van der Waals surface area contributed by atoms with Crippen LogP contribution in [0, 0.1) is 5.92 Å². The van der Waals surface area contributed by atoms with Crippen molar-refractivity contribution in [2.45, 2.75) is 32.9 Å². The molecule has 1 aliphatic rings. The molecule has 1 saturated heterocycles. The van der Waals surface area contributed by atoms with Crippen LogP contribution in [0.2, 0.25) is 5.02 Å². The number of amides is 1. The number of nitrogens with zero attached hydrogens (tertiary/aromatic N) is 4. The van der Waals surface area contributed by atoms with Gasteiger partial charge in [0, 0.05) is 21.5 Å². The van der Waals surface area contributed by atoms with E-state index in [0.717, 1.165) is 5.39 Å². The number of cyclic esters (lactones) is 1. The summed E-state index contributed by atoms with van der Waals surface area (Å²) in [6, 6.07) is 6.50. The SMILES string of the molecule is CC(C)C1COC(=O)N1c1ncnc(N[C@@H](C)c2cc3cc(Cl)ccc3[nH]c2=O)n1. The number of H-pyrrole nitrogens is 1. The lowest BCUT2D eigenvalue weighted by Crippen LogP contribution is -2.38. The third kappa shape index (κ3) is 3.80. The number of carbonyl (C=O) groups is 1. The van der Waals surface area contributed by atoms with Crippen molar-refractivity contribution in [2.24, 2.45) is 5.92 Å². The van der Waals surface area contributed by atoms with Gasteiger partial charge in [0.2, 0.25) is 11.9 Å². The summed E-state index contributed by atoms with van der Waals surface area (Å²) in [5.74, 6) is 0.631. The van der Waals surface area contributed by atoms with Crippen LogP contribution < -0.4 is 15.8 Å². The van der Waals surface area contributed by atoms with E-state index < -0.39 is 12.1 Å². The summed E-state index contributed by atoms with van der Waals surface area (Å²) in [5.41, 5.74) is 0.990. The minimum Gasteiger partial charge on any atom is -0.447 e. The van der Waals surface area contributed by atoms with Crippen LogP contribution in [0.1, 0.15) is 32.4 Å². The number of ether oxygens (including phenoxy) is 1. The van der Waals surface area contributed by atoms with Crippen molar-refractivity contribution in [1.82, 2.24) is 19.9 Å². The zero-order chi connectivity index (χ0) is 21.4. The Balaban J connectivity index is 1.61. The number of rotatable bonds is 5. The van der Waals surface area contributed by atoms with E-state index in [9.17, 15) is 9.59 Å². The fraction of sp³-hybridized carbons (Fsp3) is 0.350. The fourth-order valence-electron chi connectivity index (χ4n) is 3.42. The number of carbonyl (C=O) groups excluding carboxylic acids is 1. The maximum absolute atomic E-state index is 12.5. The maximum atomic E-state index is 12.5. The molecule has 0 radical (unpaired) electrons. The zero-order valence-electron chi connectivity index (χ0n) is 16.7. The van der Waals surface area contributed by atoms with Crippen LogP contribution in [0.15, 0.2) is 35.4 Å². The second kappa shape index (κ2) is 7.91. The number of fused-ring (bicyclic) bond motifs is 1. The molecule has 3 aromatic rings. The number of benzene rings is 1. The minimum atomic E-state index is -0.484. The highest BCUT2D eigenvalue weighted by molar-refractivity contribution is 6.31. The lowest BCUT2D eigenvalue weighted by molar-refractivity contribution is 0.177. The first-order valence-corrected chi connectivity index (χ1v) is 9.95. The minimum absolute atomic E-state index is 0.154. The van der Waals surface area contributed by atoms with Gasteiger partial charge in [-0.25, -0.2) is 19.7 Å². The van der Waals surface area contributed by atoms with Crippen LogP contribution in [0.5, 0.6) is 0 Å². The Hall–Kier alpha value is -3.20. The quantitative estimate of drug-likeness (QED) is 0.639. The average Bonchev–Trinajstić information content (AvgIpc) is 3.09. The van der Waals surface area contributed by atoms with Crippen LogP contribution in [0.4, 0.5) is 16.7 Å². The second-order valence-corrected chi connectivity index (χ2v) is 7.96. The van der Waals surface area contributed by atoms with Gasteiger partial charge >= 0.3 is 6.09 Å². The van der Waals surface area contributed by atoms with E-state index in [1.165, 1.54) is 11.2 Å². The smallest absolute Gasteiger partial charge is 0.417 e. The predicted octanol–water partition coefficient (Wildman–Crippen LogP) is 3.52. The van der Waals surface area contributed by atoms with Crippen molar-refractivity contribution in [2.75, 3.05) is 16.8 Å². The van der Waals surface area contributed by atoms with Crippen LogP contribution >= 0.6 is 11.6 Å². The molecule has 1 aliphatic heterocycles. The van der Waals surface area contributed by atoms with Crippen LogP contribution in [0.3, 0.4) is 0 Å². The molecule has 0 bridgehead atoms. The van der Waals surface area contributed by atoms with Gasteiger partial charge in [-0.1, -0.05) is 25.4 Å². The zero-order valence-corrected chi connectivity index (χ0v) is 17.5. The first-order chi connectivity index (χ1) is 14.3. The molecule has 1 unspecified atom stereocenters. The largest absolute Gasteiger partial charge is 0.447 e. The lowest BCUT2D eigenvalue weighted by Gasteiger charge is -2.22. The molecule has 2 N–H and O–H groups in total. The molecule has 0 aliphatic carbocycles. The van der Waals surface area contributed by atoms with Gasteiger partial charge in [0.15, 0.2) is 0 Å². The molecule has 3 heterocycles. The number of aromatic nitrogens is 4. The normalized spacial score (nSPS) is 17.4. The van der Waals surface area contributed by atoms with E-state index in [2.05, 4.69) is 25.3 Å². The predicted molar refractivity (Wildman–Crippen MR) is 114 cm³/mol. The Labute approximate surface area is 177 Å². The number of anilines is 2. The van der Waals surface area contributed by atoms with Crippen molar-refractivity contribution in [3.63, 3.8) is 0 Å². The summed E-state index contributed by atoms with van der Waals surface area (Å²) >= 11 is 6.07. The van der Waals surface area contributed by atoms with Crippen LogP contribution in [0.25, 0.3) is 10.9 Å². The van der Waals surface area contributed by atoms with Gasteiger partial charge < -0.3 is 15.0 Å². The Morgan fingerprint density at radius 2 is 2.03 bits per heavy atom. The van der Waals surface area contributed by atoms with E-state index in [-0.39, 0.29) is 36.0 Å². The summed E-state index contributed by atoms with van der Waals surface area (Å²) in [5, 5.41) is 4.51. The fourth-order valence-corrected chi connectivity index (χ4v) is 3.60. The van der Waals surface area contributed by atoms with Gasteiger partial charge in [-0.3, -0.25) is 4.79 Å². The summed E-state index contributed by atoms with van der Waals surface area (Å²) in [6.07, 6.45) is 0.840. The van der Waals surface area contributed by atoms with Gasteiger partial charge in [-0.05, 0) is 37.1 Å². The number of pyridine rings is 1. The molecule has 10 heteroatoms. The van der Waals surface area contributed by atoms with E-state index in [1.54, 1.807) is 24.3 Å². The Morgan fingerprint density at radius 3 is 2.80 bits per heavy atom. The highest BCUT2D eigenvalue weighted by atomic mass is 35.5. The number of hydrogen-bond acceptors (Lipinski definition) is 7. The Bertz CT molecular complexity index is 1160. The highest BCUT2D eigenvalue weighted by Crippen LogP contribution is 2.25. The third-order valence-corrected chi connectivity index (χ3v) is 5.33. The molecule has 2 aromatic heterocycles. The Morgan fingerprint density at radius 1 is 1.23 bits per heavy atom. The van der Waals surface area contributed by atoms with E-state index >= 15 is 0 Å². The molecule has 4 rings (SSSR count). The molecule has 30 heavy (non-hydrogen) atoms. The van der Waals surface area contributed by atoms with Gasteiger partial charge in [0.25, 0.3) is 5.56 Å². The van der Waals surface area contributed by atoms with E-state index in [4.69, 9.17) is 16.3 Å². The molecule has 2 atom stereocenters. The number of halogens is 1. The van der Waals surface area contributed by atoms with Gasteiger partial charge in [-0.15, -0.1) is 0 Å². The average molecular weight is 429 g/mol. The van der Waals surface area contributed by atoms with Crippen LogP contribution in [-0.4, -0.2) is 38.7 Å². The molecular weight excluding hydrogens is 408 g/mol. The van der Waals surface area contributed by atoms with Gasteiger partial charge in [0.05, 0.1) is 12.1 Å². The first kappa shape index (κ1) is 20.1. The third-order valence-electron chi connectivity index (χ3n) is 5.10. The molecule has 1 amide bonds. The molecule has 0 spiro atoms. The summed E-state index contributed by atoms with van der Waals surface area (Å²) in [6.45, 7) is 6.11. The monoisotopic (exact) mass is 428 g/mol. The van der Waals surface area contributed by atoms with Crippen molar-refractivity contribution in [3.05, 3.63) is 51.5 Å². The topological polar surface area (TPSA) is 113 Å². The lowest BCUT2D eigenvalue weighted by atomic mass is 10.1. The van der Waals surface area contributed by atoms with Gasteiger partial charge in [0.1, 0.15) is 12.9 Å². The summed E-state index contributed by atoms with van der Waals surface area (Å²) in [7, 11) is 0. The van der Waals surface area contributed by atoms with Crippen molar-refractivity contribution >= 4 is 40.5 Å². The second-order valence-electron chi connectivity index (χ2n) is 7.52. The molecule has 156 valence electrons. The van der Waals surface area contributed by atoms with E-state index in [1.807, 2.05) is 20.8 Å². The Kier molecular flexibility index (Phi) is 5.29. The maximum Gasteiger partial charge on any atom is 0.417 e. The molecule has 1 fully saturated rings. The highest BCUT2D eigenvalue weighted by Gasteiger charge is 2.38. The van der Waals surface area contributed by atoms with E-state index in [0.29, 0.717) is 16.1 Å². The summed E-state index contributed by atoms with van der Waals surface area (Å²) < 4.78 is 5.16. The first-order valence-electron chi connectivity index (χ1n) is 9.57. The van der Waals surface area contributed by atoms with Crippen molar-refractivity contribution < 1.29 is 9.53 Å². The molecule has 1 aromatic carbocycles. The standard InChI is InChI=1S/C20H21ClN6O3/c1-10(2)16-8-30-20(29)27(16)19-23-9-22-18(26-19)24-11(3)14-7-12-6-13(21)4-5-15(12)25-17(14)28/h4-7,9-11,16H,8H2,1-3H3,(H,25,28)(H,22,23,24,26)/t11-,16?/m0/s1. The number of nitrogens with one attached hydrogen (secondary N) is 2. The van der Waals surface area contributed by atoms with Crippen molar-refractivity contribution in [3.8, 4) is 0 Å². The van der Waals surface area contributed by atoms with Crippen molar-refractivity contribution in [1.29, 1.82) is 0 Å². The van der Waals surface area contributed by atoms with Crippen LogP contribution in [-0.2, 0) is 4.74 Å². The number of hydrogen-bond donors (Lipinski definition) is 2. The molecule has 0 saturated carbocycles.